The molecule has 0 atom stereocenters. The molecule has 0 fully saturated rings. The van der Waals surface area contributed by atoms with Crippen LogP contribution in [0.5, 0.6) is 11.5 Å². The van der Waals surface area contributed by atoms with Gasteiger partial charge >= 0.3 is 5.97 Å². The number of methoxy groups -OCH3 is 1. The number of fused-ring (bicyclic) bond motifs is 1. The van der Waals surface area contributed by atoms with E-state index in [4.69, 9.17) is 9.47 Å². The molecule has 118 valence electrons. The average Bonchev–Trinajstić information content (AvgIpc) is 2.89. The molecule has 0 aliphatic heterocycles. The Morgan fingerprint density at radius 1 is 1.13 bits per heavy atom. The Bertz CT molecular complexity index is 849. The molecular formula is C18H17NO4. The molecule has 5 heteroatoms. The monoisotopic (exact) mass is 311 g/mol. The van der Waals surface area contributed by atoms with Gasteiger partial charge in [0.25, 0.3) is 0 Å². The standard InChI is InChI=1S/C18H17NO4/c1-19-10-12(11-23-14-8-6-13(22-2)7-9-14)17-15(18(20)21)4-3-5-16(17)19/h3-10H,11H2,1-2H3,(H,20,21). The Morgan fingerprint density at radius 2 is 1.83 bits per heavy atom. The Morgan fingerprint density at radius 3 is 2.48 bits per heavy atom. The van der Waals surface area contributed by atoms with Crippen LogP contribution in [0.25, 0.3) is 10.9 Å². The minimum atomic E-state index is -0.938. The summed E-state index contributed by atoms with van der Waals surface area (Å²) in [5.74, 6) is 0.527. The van der Waals surface area contributed by atoms with E-state index in [2.05, 4.69) is 0 Å². The first-order valence-electron chi connectivity index (χ1n) is 7.17. The van der Waals surface area contributed by atoms with E-state index < -0.39 is 5.97 Å². The van der Waals surface area contributed by atoms with Crippen LogP contribution in [0.3, 0.4) is 0 Å². The predicted octanol–water partition coefficient (Wildman–Crippen LogP) is 3.46. The summed E-state index contributed by atoms with van der Waals surface area (Å²) >= 11 is 0. The number of aromatic nitrogens is 1. The number of hydrogen-bond acceptors (Lipinski definition) is 3. The van der Waals surface area contributed by atoms with Gasteiger partial charge in [-0.05, 0) is 36.4 Å². The Labute approximate surface area is 133 Å². The summed E-state index contributed by atoms with van der Waals surface area (Å²) in [6.45, 7) is 0.300. The first-order chi connectivity index (χ1) is 11.1. The Hall–Kier alpha value is -2.95. The minimum absolute atomic E-state index is 0.288. The smallest absolute Gasteiger partial charge is 0.336 e. The summed E-state index contributed by atoms with van der Waals surface area (Å²) in [7, 11) is 3.50. The molecule has 0 radical (unpaired) electrons. The molecule has 23 heavy (non-hydrogen) atoms. The van der Waals surface area contributed by atoms with Gasteiger partial charge in [-0.2, -0.15) is 0 Å². The first kappa shape index (κ1) is 15.0. The van der Waals surface area contributed by atoms with Gasteiger partial charge in [-0.15, -0.1) is 0 Å². The van der Waals surface area contributed by atoms with Gasteiger partial charge in [-0.1, -0.05) is 6.07 Å². The lowest BCUT2D eigenvalue weighted by molar-refractivity contribution is 0.0699. The minimum Gasteiger partial charge on any atom is -0.497 e. The summed E-state index contributed by atoms with van der Waals surface area (Å²) in [6, 6.07) is 12.5. The van der Waals surface area contributed by atoms with E-state index in [0.29, 0.717) is 12.4 Å². The molecule has 1 heterocycles. The van der Waals surface area contributed by atoms with Gasteiger partial charge < -0.3 is 19.1 Å². The molecule has 3 aromatic rings. The summed E-state index contributed by atoms with van der Waals surface area (Å²) in [4.78, 5) is 11.5. The molecule has 0 saturated carbocycles. The maximum Gasteiger partial charge on any atom is 0.336 e. The van der Waals surface area contributed by atoms with Crippen molar-refractivity contribution >= 4 is 16.9 Å². The van der Waals surface area contributed by atoms with Crippen molar-refractivity contribution in [1.82, 2.24) is 4.57 Å². The van der Waals surface area contributed by atoms with E-state index in [1.807, 2.05) is 48.1 Å². The van der Waals surface area contributed by atoms with E-state index in [9.17, 15) is 9.90 Å². The van der Waals surface area contributed by atoms with Crippen LogP contribution in [0.4, 0.5) is 0 Å². The van der Waals surface area contributed by atoms with E-state index in [0.717, 1.165) is 22.2 Å². The van der Waals surface area contributed by atoms with Crippen LogP contribution in [0.15, 0.2) is 48.7 Å². The fourth-order valence-electron chi connectivity index (χ4n) is 2.66. The van der Waals surface area contributed by atoms with Gasteiger partial charge in [-0.3, -0.25) is 0 Å². The van der Waals surface area contributed by atoms with Crippen molar-refractivity contribution < 1.29 is 19.4 Å². The van der Waals surface area contributed by atoms with Crippen molar-refractivity contribution in [1.29, 1.82) is 0 Å². The molecule has 0 aliphatic carbocycles. The Kier molecular flexibility index (Phi) is 3.93. The van der Waals surface area contributed by atoms with Gasteiger partial charge in [0.15, 0.2) is 0 Å². The largest absolute Gasteiger partial charge is 0.497 e. The van der Waals surface area contributed by atoms with E-state index in [-0.39, 0.29) is 5.56 Å². The summed E-state index contributed by atoms with van der Waals surface area (Å²) in [6.07, 6.45) is 1.90. The third-order valence-corrected chi connectivity index (χ3v) is 3.78. The summed E-state index contributed by atoms with van der Waals surface area (Å²) in [5.41, 5.74) is 2.01. The first-order valence-corrected chi connectivity index (χ1v) is 7.17. The van der Waals surface area contributed by atoms with E-state index in [1.54, 1.807) is 19.2 Å². The van der Waals surface area contributed by atoms with Crippen molar-refractivity contribution in [2.24, 2.45) is 7.05 Å². The molecule has 3 rings (SSSR count). The number of ether oxygens (including phenoxy) is 2. The lowest BCUT2D eigenvalue weighted by Crippen LogP contribution is -2.00. The molecule has 1 N–H and O–H groups in total. The second kappa shape index (κ2) is 6.04. The quantitative estimate of drug-likeness (QED) is 0.784. The number of aromatic carboxylic acids is 1. The molecule has 0 bridgehead atoms. The topological polar surface area (TPSA) is 60.7 Å². The summed E-state index contributed by atoms with van der Waals surface area (Å²) < 4.78 is 12.8. The third-order valence-electron chi connectivity index (χ3n) is 3.78. The fraction of sp³-hybridized carbons (Fsp3) is 0.167. The van der Waals surface area contributed by atoms with Gasteiger partial charge in [0.1, 0.15) is 18.1 Å². The van der Waals surface area contributed by atoms with E-state index in [1.165, 1.54) is 0 Å². The number of benzene rings is 2. The molecule has 0 amide bonds. The average molecular weight is 311 g/mol. The molecule has 0 unspecified atom stereocenters. The third kappa shape index (κ3) is 2.85. The van der Waals surface area contributed by atoms with Crippen LogP contribution in [0.2, 0.25) is 0 Å². The van der Waals surface area contributed by atoms with Crippen molar-refractivity contribution in [3.05, 3.63) is 59.8 Å². The van der Waals surface area contributed by atoms with E-state index >= 15 is 0 Å². The predicted molar refractivity (Wildman–Crippen MR) is 87.2 cm³/mol. The Balaban J connectivity index is 1.91. The van der Waals surface area contributed by atoms with Gasteiger partial charge in [0.2, 0.25) is 0 Å². The van der Waals surface area contributed by atoms with Gasteiger partial charge in [0, 0.05) is 29.7 Å². The van der Waals surface area contributed by atoms with Crippen molar-refractivity contribution in [2.75, 3.05) is 7.11 Å². The maximum atomic E-state index is 11.5. The number of nitrogens with zero attached hydrogens (tertiary/aromatic N) is 1. The molecule has 0 aliphatic rings. The van der Waals surface area contributed by atoms with Gasteiger partial charge in [0.05, 0.1) is 12.7 Å². The molecule has 2 aromatic carbocycles. The highest BCUT2D eigenvalue weighted by Crippen LogP contribution is 2.26. The number of rotatable bonds is 5. The second-order valence-electron chi connectivity index (χ2n) is 5.23. The highest BCUT2D eigenvalue weighted by atomic mass is 16.5. The molecule has 5 nitrogen and oxygen atoms in total. The molecule has 0 saturated heterocycles. The van der Waals surface area contributed by atoms with Crippen LogP contribution in [-0.4, -0.2) is 22.8 Å². The number of hydrogen-bond donors (Lipinski definition) is 1. The molecule has 0 spiro atoms. The lowest BCUT2D eigenvalue weighted by atomic mass is 10.1. The highest BCUT2D eigenvalue weighted by Gasteiger charge is 2.15. The van der Waals surface area contributed by atoms with Crippen molar-refractivity contribution in [3.8, 4) is 11.5 Å². The number of aryl methyl sites for hydroxylation is 1. The number of carboxylic acid groups (broad SMARTS) is 1. The highest BCUT2D eigenvalue weighted by molar-refractivity contribution is 6.04. The zero-order valence-corrected chi connectivity index (χ0v) is 12.9. The van der Waals surface area contributed by atoms with Gasteiger partial charge in [-0.25, -0.2) is 4.79 Å². The summed E-state index contributed by atoms with van der Waals surface area (Å²) in [5, 5.41) is 10.1. The number of carboxylic acids is 1. The van der Waals surface area contributed by atoms with Crippen molar-refractivity contribution in [2.45, 2.75) is 6.61 Å². The van der Waals surface area contributed by atoms with Crippen LogP contribution < -0.4 is 9.47 Å². The number of carbonyl (C=O) groups is 1. The normalized spacial score (nSPS) is 10.7. The zero-order valence-electron chi connectivity index (χ0n) is 12.9. The van der Waals surface area contributed by atoms with Crippen LogP contribution in [0.1, 0.15) is 15.9 Å². The van der Waals surface area contributed by atoms with Crippen LogP contribution in [0, 0.1) is 0 Å². The van der Waals surface area contributed by atoms with Crippen LogP contribution >= 0.6 is 0 Å². The maximum absolute atomic E-state index is 11.5. The second-order valence-corrected chi connectivity index (χ2v) is 5.23. The SMILES string of the molecule is COc1ccc(OCc2cn(C)c3cccc(C(=O)O)c23)cc1. The zero-order chi connectivity index (χ0) is 16.4. The lowest BCUT2D eigenvalue weighted by Gasteiger charge is -2.07. The molecular weight excluding hydrogens is 294 g/mol. The molecule has 1 aromatic heterocycles. The fourth-order valence-corrected chi connectivity index (χ4v) is 2.66. The van der Waals surface area contributed by atoms with Crippen LogP contribution in [-0.2, 0) is 13.7 Å². The van der Waals surface area contributed by atoms with Crippen molar-refractivity contribution in [3.63, 3.8) is 0 Å².